The normalized spacial score (nSPS) is 11.1. The lowest BCUT2D eigenvalue weighted by molar-refractivity contribution is -0.137. The van der Waals surface area contributed by atoms with E-state index in [1.807, 2.05) is 0 Å². The number of nitrogens with two attached hydrogens (primary N) is 1. The van der Waals surface area contributed by atoms with Crippen LogP contribution in [0.25, 0.3) is 0 Å². The van der Waals surface area contributed by atoms with Gasteiger partial charge in [0.25, 0.3) is 5.91 Å². The maximum Gasteiger partial charge on any atom is 0.416 e. The molecule has 0 saturated carbocycles. The van der Waals surface area contributed by atoms with Crippen LogP contribution in [0, 0.1) is 0 Å². The van der Waals surface area contributed by atoms with Gasteiger partial charge in [0, 0.05) is 24.7 Å². The third kappa shape index (κ3) is 5.42. The predicted molar refractivity (Wildman–Crippen MR) is 71.8 cm³/mol. The van der Waals surface area contributed by atoms with Crippen molar-refractivity contribution in [1.29, 1.82) is 0 Å². The topological polar surface area (TPSA) is 84.2 Å². The van der Waals surface area contributed by atoms with Gasteiger partial charge in [-0.2, -0.15) is 13.2 Å². The van der Waals surface area contributed by atoms with Crippen LogP contribution < -0.4 is 16.4 Å². The van der Waals surface area contributed by atoms with Gasteiger partial charge in [0.15, 0.2) is 0 Å². The molecule has 1 aromatic carbocycles. The third-order valence-electron chi connectivity index (χ3n) is 2.51. The number of benzene rings is 1. The van der Waals surface area contributed by atoms with E-state index < -0.39 is 23.6 Å². The molecular weight excluding hydrogens is 287 g/mol. The summed E-state index contributed by atoms with van der Waals surface area (Å²) in [5, 5.41) is 4.70. The van der Waals surface area contributed by atoms with Gasteiger partial charge in [-0.3, -0.25) is 9.59 Å². The van der Waals surface area contributed by atoms with E-state index in [1.54, 1.807) is 0 Å². The molecule has 2 amide bonds. The molecule has 0 bridgehead atoms. The Labute approximate surface area is 119 Å². The van der Waals surface area contributed by atoms with Gasteiger partial charge in [0.2, 0.25) is 5.91 Å². The Morgan fingerprint density at radius 1 is 1.24 bits per heavy atom. The Morgan fingerprint density at radius 3 is 2.43 bits per heavy atom. The number of halogens is 3. The molecule has 21 heavy (non-hydrogen) atoms. The summed E-state index contributed by atoms with van der Waals surface area (Å²) in [5.74, 6) is -1.18. The zero-order chi connectivity index (χ0) is 16.0. The summed E-state index contributed by atoms with van der Waals surface area (Å²) in [4.78, 5) is 22.8. The summed E-state index contributed by atoms with van der Waals surface area (Å²) in [6.07, 6.45) is -4.09. The molecule has 5 nitrogen and oxygen atoms in total. The maximum atomic E-state index is 12.8. The van der Waals surface area contributed by atoms with Gasteiger partial charge < -0.3 is 16.4 Å². The number of nitrogens with one attached hydrogen (secondary N) is 2. The maximum absolute atomic E-state index is 12.8. The average Bonchev–Trinajstić information content (AvgIpc) is 2.36. The van der Waals surface area contributed by atoms with Crippen molar-refractivity contribution in [2.45, 2.75) is 19.5 Å². The number of carbonyl (C=O) groups is 2. The first kappa shape index (κ1) is 17.0. The van der Waals surface area contributed by atoms with Crippen LogP contribution >= 0.6 is 0 Å². The van der Waals surface area contributed by atoms with Crippen molar-refractivity contribution in [3.63, 3.8) is 0 Å². The van der Waals surface area contributed by atoms with E-state index in [4.69, 9.17) is 5.73 Å². The summed E-state index contributed by atoms with van der Waals surface area (Å²) in [6, 6.07) is 2.70. The molecule has 0 atom stereocenters. The first-order valence-corrected chi connectivity index (χ1v) is 6.22. The van der Waals surface area contributed by atoms with Crippen molar-refractivity contribution in [2.75, 3.05) is 18.4 Å². The summed E-state index contributed by atoms with van der Waals surface area (Å²) >= 11 is 0. The van der Waals surface area contributed by atoms with Crippen molar-refractivity contribution >= 4 is 17.5 Å². The lowest BCUT2D eigenvalue weighted by atomic mass is 10.1. The molecule has 0 fully saturated rings. The van der Waals surface area contributed by atoms with Crippen LogP contribution in [0.2, 0.25) is 0 Å². The largest absolute Gasteiger partial charge is 0.416 e. The van der Waals surface area contributed by atoms with E-state index in [1.165, 1.54) is 13.0 Å². The van der Waals surface area contributed by atoms with E-state index in [0.717, 1.165) is 12.1 Å². The zero-order valence-electron chi connectivity index (χ0n) is 11.4. The Balaban J connectivity index is 3.06. The molecule has 0 spiro atoms. The molecule has 116 valence electrons. The Hall–Kier alpha value is -2.09. The Bertz CT molecular complexity index is 530. The smallest absolute Gasteiger partial charge is 0.352 e. The van der Waals surface area contributed by atoms with Crippen LogP contribution in [-0.2, 0) is 11.0 Å². The van der Waals surface area contributed by atoms with Crippen molar-refractivity contribution in [3.05, 3.63) is 29.3 Å². The van der Waals surface area contributed by atoms with Crippen LogP contribution in [-0.4, -0.2) is 24.9 Å². The third-order valence-corrected chi connectivity index (χ3v) is 2.51. The van der Waals surface area contributed by atoms with Crippen molar-refractivity contribution in [2.24, 2.45) is 5.73 Å². The monoisotopic (exact) mass is 303 g/mol. The molecule has 0 aliphatic rings. The number of amides is 2. The van der Waals surface area contributed by atoms with Crippen LogP contribution in [0.15, 0.2) is 18.2 Å². The highest BCUT2D eigenvalue weighted by Gasteiger charge is 2.31. The van der Waals surface area contributed by atoms with E-state index in [9.17, 15) is 22.8 Å². The molecule has 0 unspecified atom stereocenters. The first-order chi connectivity index (χ1) is 9.74. The number of hydrogen-bond acceptors (Lipinski definition) is 3. The summed E-state index contributed by atoms with van der Waals surface area (Å²) in [6.45, 7) is 1.79. The highest BCUT2D eigenvalue weighted by molar-refractivity contribution is 5.97. The number of hydrogen-bond donors (Lipinski definition) is 3. The molecule has 0 aliphatic carbocycles. The molecular formula is C13H16F3N3O2. The molecule has 0 aliphatic heterocycles. The second kappa shape index (κ2) is 7.07. The minimum atomic E-state index is -4.61. The summed E-state index contributed by atoms with van der Waals surface area (Å²) in [5.41, 5.74) is 4.01. The van der Waals surface area contributed by atoms with E-state index in [-0.39, 0.29) is 17.8 Å². The number of anilines is 1. The summed E-state index contributed by atoms with van der Waals surface area (Å²) < 4.78 is 38.4. The average molecular weight is 303 g/mol. The van der Waals surface area contributed by atoms with E-state index >= 15 is 0 Å². The first-order valence-electron chi connectivity index (χ1n) is 6.22. The SMILES string of the molecule is CC(=O)Nc1cc(C(=O)NCCCN)cc(C(F)(F)F)c1. The number of alkyl halides is 3. The predicted octanol–water partition coefficient (Wildman–Crippen LogP) is 1.74. The van der Waals surface area contributed by atoms with Crippen molar-refractivity contribution in [3.8, 4) is 0 Å². The Kier molecular flexibility index (Phi) is 5.71. The molecule has 0 aromatic heterocycles. The fourth-order valence-electron chi connectivity index (χ4n) is 1.60. The van der Waals surface area contributed by atoms with E-state index in [0.29, 0.717) is 13.0 Å². The lowest BCUT2D eigenvalue weighted by Crippen LogP contribution is -2.26. The standard InChI is InChI=1S/C13H16F3N3O2/c1-8(20)19-11-6-9(12(21)18-4-2-3-17)5-10(7-11)13(14,15)16/h5-7H,2-4,17H2,1H3,(H,18,21)(H,19,20). The van der Waals surface area contributed by atoms with Gasteiger partial charge in [-0.15, -0.1) is 0 Å². The van der Waals surface area contributed by atoms with Crippen LogP contribution in [0.1, 0.15) is 29.3 Å². The van der Waals surface area contributed by atoms with Crippen LogP contribution in [0.4, 0.5) is 18.9 Å². The molecule has 1 aromatic rings. The second-order valence-electron chi connectivity index (χ2n) is 4.38. The van der Waals surface area contributed by atoms with Crippen LogP contribution in [0.5, 0.6) is 0 Å². The lowest BCUT2D eigenvalue weighted by Gasteiger charge is -2.12. The fraction of sp³-hybridized carbons (Fsp3) is 0.385. The fourth-order valence-corrected chi connectivity index (χ4v) is 1.60. The highest BCUT2D eigenvalue weighted by Crippen LogP contribution is 2.32. The quantitative estimate of drug-likeness (QED) is 0.724. The van der Waals surface area contributed by atoms with Crippen molar-refractivity contribution in [1.82, 2.24) is 5.32 Å². The van der Waals surface area contributed by atoms with Gasteiger partial charge in [0.1, 0.15) is 0 Å². The van der Waals surface area contributed by atoms with Gasteiger partial charge >= 0.3 is 6.18 Å². The molecule has 1 rings (SSSR count). The minimum Gasteiger partial charge on any atom is -0.352 e. The van der Waals surface area contributed by atoms with Gasteiger partial charge in [-0.1, -0.05) is 0 Å². The zero-order valence-corrected chi connectivity index (χ0v) is 11.4. The number of rotatable bonds is 5. The summed E-state index contributed by atoms with van der Waals surface area (Å²) in [7, 11) is 0. The van der Waals surface area contributed by atoms with Gasteiger partial charge in [-0.05, 0) is 31.2 Å². The highest BCUT2D eigenvalue weighted by atomic mass is 19.4. The Morgan fingerprint density at radius 2 is 1.90 bits per heavy atom. The molecule has 0 saturated heterocycles. The molecule has 0 heterocycles. The molecule has 4 N–H and O–H groups in total. The van der Waals surface area contributed by atoms with Gasteiger partial charge in [0.05, 0.1) is 5.56 Å². The number of carbonyl (C=O) groups excluding carboxylic acids is 2. The minimum absolute atomic E-state index is 0.0821. The van der Waals surface area contributed by atoms with Crippen molar-refractivity contribution < 1.29 is 22.8 Å². The molecule has 0 radical (unpaired) electrons. The van der Waals surface area contributed by atoms with Crippen LogP contribution in [0.3, 0.4) is 0 Å². The molecule has 8 heteroatoms. The van der Waals surface area contributed by atoms with E-state index in [2.05, 4.69) is 10.6 Å². The second-order valence-corrected chi connectivity index (χ2v) is 4.38. The van der Waals surface area contributed by atoms with Gasteiger partial charge in [-0.25, -0.2) is 0 Å².